The van der Waals surface area contributed by atoms with E-state index < -0.39 is 22.3 Å². The van der Waals surface area contributed by atoms with Crippen molar-refractivity contribution >= 4 is 17.5 Å². The van der Waals surface area contributed by atoms with Crippen molar-refractivity contribution in [2.45, 2.75) is 39.2 Å². The zero-order valence-electron chi connectivity index (χ0n) is 17.7. The Bertz CT molecular complexity index is 972. The van der Waals surface area contributed by atoms with Crippen molar-refractivity contribution in [1.29, 1.82) is 0 Å². The summed E-state index contributed by atoms with van der Waals surface area (Å²) in [5, 5.41) is 11.2. The lowest BCUT2D eigenvalue weighted by atomic mass is 10.00. The summed E-state index contributed by atoms with van der Waals surface area (Å²) in [5.74, 6) is -1.22. The van der Waals surface area contributed by atoms with Gasteiger partial charge in [-0.05, 0) is 44.4 Å². The van der Waals surface area contributed by atoms with Crippen LogP contribution in [-0.4, -0.2) is 52.2 Å². The molecular formula is C23H26FN3O4. The lowest BCUT2D eigenvalue weighted by molar-refractivity contribution is -0.385. The number of hydrogen-bond acceptors (Lipinski definition) is 4. The molecule has 1 aliphatic heterocycles. The molecule has 3 rings (SSSR count). The average molecular weight is 427 g/mol. The molecule has 0 spiro atoms. The number of nitro groups is 1. The van der Waals surface area contributed by atoms with Gasteiger partial charge in [-0.15, -0.1) is 0 Å². The van der Waals surface area contributed by atoms with Crippen LogP contribution in [0.1, 0.15) is 52.5 Å². The van der Waals surface area contributed by atoms with E-state index in [1.165, 1.54) is 6.92 Å². The third-order valence-electron chi connectivity index (χ3n) is 5.70. The summed E-state index contributed by atoms with van der Waals surface area (Å²) in [4.78, 5) is 39.8. The molecule has 0 unspecified atom stereocenters. The number of halogens is 1. The first kappa shape index (κ1) is 22.4. The van der Waals surface area contributed by atoms with Crippen LogP contribution in [0.5, 0.6) is 0 Å². The van der Waals surface area contributed by atoms with E-state index in [2.05, 4.69) is 0 Å². The maximum atomic E-state index is 14.2. The molecule has 31 heavy (non-hydrogen) atoms. The van der Waals surface area contributed by atoms with Crippen LogP contribution in [0.4, 0.5) is 10.1 Å². The van der Waals surface area contributed by atoms with Gasteiger partial charge in [-0.25, -0.2) is 4.39 Å². The number of carbonyl (C=O) groups is 2. The van der Waals surface area contributed by atoms with Crippen LogP contribution < -0.4 is 0 Å². The maximum absolute atomic E-state index is 14.2. The molecule has 0 bridgehead atoms. The molecule has 8 heteroatoms. The third kappa shape index (κ3) is 4.90. The molecule has 2 aromatic carbocycles. The fourth-order valence-electron chi connectivity index (χ4n) is 3.98. The van der Waals surface area contributed by atoms with Crippen LogP contribution in [0.3, 0.4) is 0 Å². The number of likely N-dealkylation sites (tertiary alicyclic amines) is 1. The third-order valence-corrected chi connectivity index (χ3v) is 5.70. The van der Waals surface area contributed by atoms with Gasteiger partial charge in [0, 0.05) is 42.9 Å². The minimum atomic E-state index is -0.766. The number of benzene rings is 2. The van der Waals surface area contributed by atoms with Gasteiger partial charge in [0.05, 0.1) is 10.5 Å². The summed E-state index contributed by atoms with van der Waals surface area (Å²) in [6, 6.07) is 11.2. The highest BCUT2D eigenvalue weighted by molar-refractivity contribution is 5.96. The number of carbonyl (C=O) groups excluding carboxylic acids is 2. The summed E-state index contributed by atoms with van der Waals surface area (Å²) in [6.07, 6.45) is 1.90. The highest BCUT2D eigenvalue weighted by Crippen LogP contribution is 2.26. The standard InChI is InChI=1S/C23H26FN3O4/c1-3-11-26(23(29)18-14-20(24)16(2)21(15-18)27(30)31)19-9-12-25(13-10-19)22(28)17-7-5-4-6-8-17/h4-8,14-15,19H,3,9-13H2,1-2H3. The molecule has 0 saturated carbocycles. The molecule has 1 heterocycles. The van der Waals surface area contributed by atoms with Crippen molar-refractivity contribution in [2.24, 2.45) is 0 Å². The topological polar surface area (TPSA) is 83.8 Å². The van der Waals surface area contributed by atoms with Crippen molar-refractivity contribution < 1.29 is 18.9 Å². The molecule has 0 aromatic heterocycles. The lowest BCUT2D eigenvalue weighted by Gasteiger charge is -2.38. The van der Waals surface area contributed by atoms with Gasteiger partial charge >= 0.3 is 0 Å². The number of nitrogens with zero attached hydrogens (tertiary/aromatic N) is 3. The summed E-state index contributed by atoms with van der Waals surface area (Å²) in [7, 11) is 0. The normalized spacial score (nSPS) is 14.4. The highest BCUT2D eigenvalue weighted by atomic mass is 19.1. The Morgan fingerprint density at radius 1 is 1.16 bits per heavy atom. The first-order valence-electron chi connectivity index (χ1n) is 10.4. The molecule has 2 aromatic rings. The second-order valence-corrected chi connectivity index (χ2v) is 7.75. The number of rotatable bonds is 6. The molecule has 1 saturated heterocycles. The van der Waals surface area contributed by atoms with Gasteiger partial charge in [-0.3, -0.25) is 19.7 Å². The van der Waals surface area contributed by atoms with Gasteiger partial charge in [0.15, 0.2) is 0 Å². The predicted molar refractivity (Wildman–Crippen MR) is 114 cm³/mol. The SMILES string of the molecule is CCCN(C(=O)c1cc(F)c(C)c([N+](=O)[O-])c1)C1CCN(C(=O)c2ccccc2)CC1. The minimum absolute atomic E-state index is 0.0222. The van der Waals surface area contributed by atoms with E-state index in [4.69, 9.17) is 0 Å². The Hall–Kier alpha value is -3.29. The monoisotopic (exact) mass is 427 g/mol. The lowest BCUT2D eigenvalue weighted by Crippen LogP contribution is -2.49. The molecular weight excluding hydrogens is 401 g/mol. The van der Waals surface area contributed by atoms with Crippen LogP contribution >= 0.6 is 0 Å². The van der Waals surface area contributed by atoms with Crippen molar-refractivity contribution in [3.8, 4) is 0 Å². The summed E-state index contributed by atoms with van der Waals surface area (Å²) in [5.41, 5.74) is 0.121. The smallest absolute Gasteiger partial charge is 0.276 e. The first-order valence-corrected chi connectivity index (χ1v) is 10.4. The Balaban J connectivity index is 1.75. The summed E-state index contributed by atoms with van der Waals surface area (Å²) < 4.78 is 14.2. The van der Waals surface area contributed by atoms with Crippen LogP contribution in [0, 0.1) is 22.9 Å². The average Bonchev–Trinajstić information content (AvgIpc) is 2.78. The van der Waals surface area contributed by atoms with E-state index in [0.29, 0.717) is 44.5 Å². The van der Waals surface area contributed by atoms with Crippen LogP contribution in [0.25, 0.3) is 0 Å². The van der Waals surface area contributed by atoms with Gasteiger partial charge < -0.3 is 9.80 Å². The second kappa shape index (κ2) is 9.68. The zero-order chi connectivity index (χ0) is 22.5. The summed E-state index contributed by atoms with van der Waals surface area (Å²) >= 11 is 0. The fraction of sp³-hybridized carbons (Fsp3) is 0.391. The van der Waals surface area contributed by atoms with Crippen LogP contribution in [-0.2, 0) is 0 Å². The molecule has 1 aliphatic rings. The van der Waals surface area contributed by atoms with E-state index in [1.807, 2.05) is 25.1 Å². The number of piperidine rings is 1. The van der Waals surface area contributed by atoms with Crippen molar-refractivity contribution in [2.75, 3.05) is 19.6 Å². The highest BCUT2D eigenvalue weighted by Gasteiger charge is 2.31. The maximum Gasteiger partial charge on any atom is 0.276 e. The van der Waals surface area contributed by atoms with Crippen LogP contribution in [0.15, 0.2) is 42.5 Å². The van der Waals surface area contributed by atoms with E-state index >= 15 is 0 Å². The molecule has 2 amide bonds. The van der Waals surface area contributed by atoms with Crippen molar-refractivity contribution in [3.63, 3.8) is 0 Å². The number of amides is 2. The molecule has 0 radical (unpaired) electrons. The second-order valence-electron chi connectivity index (χ2n) is 7.75. The Labute approximate surface area is 180 Å². The van der Waals surface area contributed by atoms with Crippen LogP contribution in [0.2, 0.25) is 0 Å². The summed E-state index contributed by atoms with van der Waals surface area (Å²) in [6.45, 7) is 4.74. The van der Waals surface area contributed by atoms with Gasteiger partial charge in [-0.1, -0.05) is 25.1 Å². The molecule has 0 aliphatic carbocycles. The molecule has 164 valence electrons. The van der Waals surface area contributed by atoms with Crippen molar-refractivity contribution in [3.05, 3.63) is 75.1 Å². The fourth-order valence-corrected chi connectivity index (χ4v) is 3.98. The molecule has 0 N–H and O–H groups in total. The van der Waals surface area contributed by atoms with Gasteiger partial charge in [0.1, 0.15) is 5.82 Å². The molecule has 7 nitrogen and oxygen atoms in total. The quantitative estimate of drug-likeness (QED) is 0.511. The molecule has 1 fully saturated rings. The van der Waals surface area contributed by atoms with E-state index in [9.17, 15) is 24.1 Å². The minimum Gasteiger partial charge on any atom is -0.338 e. The van der Waals surface area contributed by atoms with E-state index in [0.717, 1.165) is 12.1 Å². The van der Waals surface area contributed by atoms with E-state index in [-0.39, 0.29) is 23.1 Å². The number of hydrogen-bond donors (Lipinski definition) is 0. The van der Waals surface area contributed by atoms with Gasteiger partial charge in [0.2, 0.25) is 0 Å². The predicted octanol–water partition coefficient (Wildman–Crippen LogP) is 4.20. The Morgan fingerprint density at radius 2 is 1.81 bits per heavy atom. The Morgan fingerprint density at radius 3 is 2.39 bits per heavy atom. The van der Waals surface area contributed by atoms with E-state index in [1.54, 1.807) is 21.9 Å². The van der Waals surface area contributed by atoms with Crippen molar-refractivity contribution in [1.82, 2.24) is 9.80 Å². The largest absolute Gasteiger partial charge is 0.338 e. The Kier molecular flexibility index (Phi) is 6.99. The first-order chi connectivity index (χ1) is 14.8. The molecule has 0 atom stereocenters. The zero-order valence-corrected chi connectivity index (χ0v) is 17.7. The number of nitro benzene ring substituents is 1. The van der Waals surface area contributed by atoms with Gasteiger partial charge in [-0.2, -0.15) is 0 Å². The van der Waals surface area contributed by atoms with Gasteiger partial charge in [0.25, 0.3) is 17.5 Å².